The van der Waals surface area contributed by atoms with Gasteiger partial charge in [0, 0.05) is 0 Å². The van der Waals surface area contributed by atoms with Gasteiger partial charge in [0.15, 0.2) is 0 Å². The monoisotopic (exact) mass is 270 g/mol. The molecule has 0 radical (unpaired) electrons. The molecule has 0 atom stereocenters. The molecule has 0 aliphatic carbocycles. The first-order valence-corrected chi connectivity index (χ1v) is 5.26. The van der Waals surface area contributed by atoms with Gasteiger partial charge in [-0.15, -0.1) is 0 Å². The average molecular weight is 270 g/mol. The zero-order chi connectivity index (χ0) is 12.5. The van der Waals surface area contributed by atoms with Crippen molar-refractivity contribution >= 4 is 51.6 Å². The Bertz CT molecular complexity index is 531. The van der Waals surface area contributed by atoms with E-state index < -0.39 is 38.1 Å². The second-order valence-corrected chi connectivity index (χ2v) is 4.13. The molecule has 0 aliphatic rings. The molecule has 17 heavy (non-hydrogen) atoms. The van der Waals surface area contributed by atoms with E-state index in [4.69, 9.17) is 14.8 Å². The Morgan fingerprint density at radius 3 is 1.59 bits per heavy atom. The van der Waals surface area contributed by atoms with Crippen LogP contribution in [0.1, 0.15) is 20.7 Å². The zero-order valence-electron chi connectivity index (χ0n) is 7.61. The van der Waals surface area contributed by atoms with Crippen molar-refractivity contribution in [3.8, 4) is 0 Å². The van der Waals surface area contributed by atoms with E-state index in [1.54, 1.807) is 0 Å². The molecule has 7 nitrogen and oxygen atoms in total. The molecule has 88 valence electrons. The third-order valence-electron chi connectivity index (χ3n) is 1.73. The van der Waals surface area contributed by atoms with Gasteiger partial charge in [0.25, 0.3) is 10.1 Å². The number of carbonyl (C=O) groups is 2. The second kappa shape index (κ2) is 5.61. The minimum atomic E-state index is -4.92. The van der Waals surface area contributed by atoms with Gasteiger partial charge in [0.1, 0.15) is 4.90 Å². The Labute approximate surface area is 118 Å². The van der Waals surface area contributed by atoms with E-state index in [1.807, 2.05) is 0 Å². The SMILES string of the molecule is O=C(O)c1cccc(C(=O)O)c1S(=O)(=O)O.[NaH]. The molecular weight excluding hydrogens is 263 g/mol. The van der Waals surface area contributed by atoms with Crippen molar-refractivity contribution in [1.82, 2.24) is 0 Å². The van der Waals surface area contributed by atoms with Crippen LogP contribution in [0.4, 0.5) is 0 Å². The van der Waals surface area contributed by atoms with Crippen molar-refractivity contribution in [1.29, 1.82) is 0 Å². The van der Waals surface area contributed by atoms with Crippen LogP contribution in [0.5, 0.6) is 0 Å². The van der Waals surface area contributed by atoms with Gasteiger partial charge in [-0.3, -0.25) is 4.55 Å². The summed E-state index contributed by atoms with van der Waals surface area (Å²) in [5.41, 5.74) is -1.58. The molecule has 0 spiro atoms. The zero-order valence-corrected chi connectivity index (χ0v) is 8.43. The van der Waals surface area contributed by atoms with Crippen LogP contribution in [-0.2, 0) is 10.1 Å². The van der Waals surface area contributed by atoms with Crippen LogP contribution in [-0.4, -0.2) is 64.7 Å². The quantitative estimate of drug-likeness (QED) is 0.507. The van der Waals surface area contributed by atoms with Crippen LogP contribution in [0, 0.1) is 0 Å². The summed E-state index contributed by atoms with van der Waals surface area (Å²) in [6, 6.07) is 2.84. The van der Waals surface area contributed by atoms with Crippen molar-refractivity contribution in [2.24, 2.45) is 0 Å². The summed E-state index contributed by atoms with van der Waals surface area (Å²) >= 11 is 0. The number of hydrogen-bond acceptors (Lipinski definition) is 4. The Kier molecular flexibility index (Phi) is 5.30. The summed E-state index contributed by atoms with van der Waals surface area (Å²) in [6.07, 6.45) is 0. The third kappa shape index (κ3) is 3.51. The average Bonchev–Trinajstić information content (AvgIpc) is 2.15. The van der Waals surface area contributed by atoms with Gasteiger partial charge in [-0.25, -0.2) is 9.59 Å². The summed E-state index contributed by atoms with van der Waals surface area (Å²) in [7, 11) is -4.92. The van der Waals surface area contributed by atoms with E-state index in [9.17, 15) is 18.0 Å². The van der Waals surface area contributed by atoms with Crippen molar-refractivity contribution in [3.63, 3.8) is 0 Å². The molecular formula is C8H7NaO7S. The molecule has 0 amide bonds. The van der Waals surface area contributed by atoms with Crippen LogP contribution in [0.2, 0.25) is 0 Å². The predicted octanol–water partition coefficient (Wildman–Crippen LogP) is -0.319. The fourth-order valence-corrected chi connectivity index (χ4v) is 2.02. The van der Waals surface area contributed by atoms with E-state index in [1.165, 1.54) is 0 Å². The molecule has 0 bridgehead atoms. The first-order valence-electron chi connectivity index (χ1n) is 3.82. The third-order valence-corrected chi connectivity index (χ3v) is 2.69. The van der Waals surface area contributed by atoms with Crippen LogP contribution in [0.15, 0.2) is 23.1 Å². The molecule has 0 unspecified atom stereocenters. The summed E-state index contributed by atoms with van der Waals surface area (Å²) in [4.78, 5) is 20.2. The van der Waals surface area contributed by atoms with Gasteiger partial charge >= 0.3 is 41.5 Å². The summed E-state index contributed by atoms with van der Waals surface area (Å²) in [5, 5.41) is 17.3. The van der Waals surface area contributed by atoms with Crippen molar-refractivity contribution in [2.45, 2.75) is 4.90 Å². The van der Waals surface area contributed by atoms with Crippen LogP contribution in [0.25, 0.3) is 0 Å². The van der Waals surface area contributed by atoms with Gasteiger partial charge in [-0.2, -0.15) is 8.42 Å². The van der Waals surface area contributed by atoms with Crippen LogP contribution in [0.3, 0.4) is 0 Å². The Balaban J connectivity index is 0.00000256. The topological polar surface area (TPSA) is 129 Å². The van der Waals surface area contributed by atoms with E-state index in [0.29, 0.717) is 0 Å². The fourth-order valence-electron chi connectivity index (χ4n) is 1.15. The van der Waals surface area contributed by atoms with Gasteiger partial charge in [0.05, 0.1) is 11.1 Å². The van der Waals surface area contributed by atoms with Gasteiger partial charge in [0.2, 0.25) is 0 Å². The van der Waals surface area contributed by atoms with E-state index in [-0.39, 0.29) is 29.6 Å². The molecule has 9 heteroatoms. The Hall–Kier alpha value is -0.930. The maximum absolute atomic E-state index is 10.9. The second-order valence-electron chi connectivity index (χ2n) is 2.77. The maximum atomic E-state index is 10.9. The molecule has 0 aromatic heterocycles. The van der Waals surface area contributed by atoms with Crippen molar-refractivity contribution in [2.75, 3.05) is 0 Å². The molecule has 0 fully saturated rings. The molecule has 0 aliphatic heterocycles. The molecule has 0 saturated heterocycles. The predicted molar refractivity (Wildman–Crippen MR) is 57.3 cm³/mol. The van der Waals surface area contributed by atoms with Crippen LogP contribution < -0.4 is 0 Å². The minimum absolute atomic E-state index is 0. The first-order chi connectivity index (χ1) is 7.25. The number of benzene rings is 1. The summed E-state index contributed by atoms with van der Waals surface area (Å²) < 4.78 is 30.6. The fraction of sp³-hybridized carbons (Fsp3) is 0. The number of hydrogen-bond donors (Lipinski definition) is 3. The Morgan fingerprint density at radius 2 is 1.35 bits per heavy atom. The molecule has 3 N–H and O–H groups in total. The molecule has 0 saturated carbocycles. The molecule has 1 aromatic rings. The Morgan fingerprint density at radius 1 is 1.00 bits per heavy atom. The summed E-state index contributed by atoms with van der Waals surface area (Å²) in [6.45, 7) is 0. The first kappa shape index (κ1) is 16.1. The van der Waals surface area contributed by atoms with E-state index >= 15 is 0 Å². The van der Waals surface area contributed by atoms with E-state index in [2.05, 4.69) is 0 Å². The molecule has 1 rings (SSSR count). The van der Waals surface area contributed by atoms with Crippen molar-refractivity contribution < 1.29 is 32.8 Å². The standard InChI is InChI=1S/C8H6O7S.Na.H/c9-7(10)4-2-1-3-5(8(11)12)6(4)16(13,14)15;;/h1-3H,(H,9,10)(H,11,12)(H,13,14,15);;. The van der Waals surface area contributed by atoms with Gasteiger partial charge in [-0.1, -0.05) is 6.07 Å². The summed E-state index contributed by atoms with van der Waals surface area (Å²) in [5.74, 6) is -3.29. The molecule has 0 heterocycles. The number of carboxylic acids is 2. The van der Waals surface area contributed by atoms with E-state index in [0.717, 1.165) is 18.2 Å². The normalized spacial score (nSPS) is 10.4. The van der Waals surface area contributed by atoms with Gasteiger partial charge < -0.3 is 10.2 Å². The number of carboxylic acid groups (broad SMARTS) is 2. The van der Waals surface area contributed by atoms with Gasteiger partial charge in [-0.05, 0) is 12.1 Å². The van der Waals surface area contributed by atoms with Crippen LogP contribution >= 0.6 is 0 Å². The van der Waals surface area contributed by atoms with Crippen molar-refractivity contribution in [3.05, 3.63) is 29.3 Å². The number of aromatic carboxylic acids is 2. The number of rotatable bonds is 3. The molecule has 1 aromatic carbocycles.